The first kappa shape index (κ1) is 26.6. The third kappa shape index (κ3) is 7.78. The molecule has 0 aromatic heterocycles. The van der Waals surface area contributed by atoms with Crippen LogP contribution in [0.1, 0.15) is 43.9 Å². The van der Waals surface area contributed by atoms with Gasteiger partial charge in [0.25, 0.3) is 0 Å². The standard InChI is InChI=1S/C29H33N3O4/c1-20(2)17-25(18-26(33)32-36)28(34)31-27(29(35)30-19-21-9-5-3-6-10-21)24-15-13-23(14-16-24)22-11-7-4-8-12-22/h3-16,20,25,27,36H,17-19H2,1-2H3,(H,30,35)(H,31,34)(H,32,33)/t25-,27?/m1/s1. The number of amides is 3. The first-order valence-corrected chi connectivity index (χ1v) is 12.1. The van der Waals surface area contributed by atoms with Crippen LogP contribution in [0.5, 0.6) is 0 Å². The number of carbonyl (C=O) groups is 3. The topological polar surface area (TPSA) is 108 Å². The molecule has 0 spiro atoms. The van der Waals surface area contributed by atoms with Gasteiger partial charge in [-0.25, -0.2) is 5.48 Å². The Morgan fingerprint density at radius 3 is 1.94 bits per heavy atom. The molecule has 0 fully saturated rings. The Kier molecular flexibility index (Phi) is 9.77. The van der Waals surface area contributed by atoms with Gasteiger partial charge in [-0.15, -0.1) is 0 Å². The highest BCUT2D eigenvalue weighted by Gasteiger charge is 2.29. The Labute approximate surface area is 211 Å². The van der Waals surface area contributed by atoms with Gasteiger partial charge in [-0.05, 0) is 34.6 Å². The number of nitrogens with one attached hydrogen (secondary N) is 3. The molecule has 1 unspecified atom stereocenters. The summed E-state index contributed by atoms with van der Waals surface area (Å²) in [5.41, 5.74) is 5.20. The van der Waals surface area contributed by atoms with E-state index < -0.39 is 23.8 Å². The molecule has 3 aromatic rings. The van der Waals surface area contributed by atoms with Gasteiger partial charge in [-0.2, -0.15) is 0 Å². The van der Waals surface area contributed by atoms with E-state index in [1.165, 1.54) is 0 Å². The van der Waals surface area contributed by atoms with E-state index in [1.54, 1.807) is 5.48 Å². The summed E-state index contributed by atoms with van der Waals surface area (Å²) in [6.45, 7) is 4.21. The minimum atomic E-state index is -0.946. The van der Waals surface area contributed by atoms with Crippen molar-refractivity contribution in [3.63, 3.8) is 0 Å². The van der Waals surface area contributed by atoms with Crippen LogP contribution in [-0.4, -0.2) is 22.9 Å². The summed E-state index contributed by atoms with van der Waals surface area (Å²) in [4.78, 5) is 38.3. The molecule has 0 aliphatic rings. The van der Waals surface area contributed by atoms with Crippen molar-refractivity contribution in [1.82, 2.24) is 16.1 Å². The summed E-state index contributed by atoms with van der Waals surface area (Å²) in [6, 6.07) is 25.9. The maximum absolute atomic E-state index is 13.3. The molecule has 0 radical (unpaired) electrons. The van der Waals surface area contributed by atoms with E-state index in [0.29, 0.717) is 18.5 Å². The molecule has 4 N–H and O–H groups in total. The largest absolute Gasteiger partial charge is 0.350 e. The lowest BCUT2D eigenvalue weighted by atomic mass is 9.92. The van der Waals surface area contributed by atoms with Gasteiger partial charge in [-0.1, -0.05) is 98.8 Å². The van der Waals surface area contributed by atoms with E-state index >= 15 is 0 Å². The van der Waals surface area contributed by atoms with Crippen molar-refractivity contribution < 1.29 is 19.6 Å². The molecule has 36 heavy (non-hydrogen) atoms. The van der Waals surface area contributed by atoms with Crippen LogP contribution in [-0.2, 0) is 20.9 Å². The van der Waals surface area contributed by atoms with Gasteiger partial charge >= 0.3 is 0 Å². The molecule has 0 heterocycles. The van der Waals surface area contributed by atoms with Crippen LogP contribution in [0.4, 0.5) is 0 Å². The van der Waals surface area contributed by atoms with Crippen molar-refractivity contribution in [2.45, 2.75) is 39.3 Å². The molecular formula is C29H33N3O4. The first-order chi connectivity index (χ1) is 17.4. The number of benzene rings is 3. The molecule has 0 saturated carbocycles. The van der Waals surface area contributed by atoms with Gasteiger partial charge < -0.3 is 10.6 Å². The predicted octanol–water partition coefficient (Wildman–Crippen LogP) is 4.39. The molecule has 3 amide bonds. The molecule has 0 saturated heterocycles. The number of carbonyl (C=O) groups excluding carboxylic acids is 3. The van der Waals surface area contributed by atoms with E-state index in [2.05, 4.69) is 10.6 Å². The maximum Gasteiger partial charge on any atom is 0.247 e. The second kappa shape index (κ2) is 13.2. The third-order valence-electron chi connectivity index (χ3n) is 5.89. The number of rotatable bonds is 11. The van der Waals surface area contributed by atoms with Crippen LogP contribution in [0.25, 0.3) is 11.1 Å². The van der Waals surface area contributed by atoms with Crippen molar-refractivity contribution in [1.29, 1.82) is 0 Å². The summed E-state index contributed by atoms with van der Waals surface area (Å²) in [5.74, 6) is -1.96. The lowest BCUT2D eigenvalue weighted by Gasteiger charge is -2.23. The van der Waals surface area contributed by atoms with Crippen molar-refractivity contribution in [2.24, 2.45) is 11.8 Å². The van der Waals surface area contributed by atoms with Gasteiger partial charge in [-0.3, -0.25) is 19.6 Å². The van der Waals surface area contributed by atoms with Gasteiger partial charge in [0, 0.05) is 18.9 Å². The van der Waals surface area contributed by atoms with E-state index in [0.717, 1.165) is 16.7 Å². The van der Waals surface area contributed by atoms with Crippen LogP contribution in [0.3, 0.4) is 0 Å². The minimum Gasteiger partial charge on any atom is -0.350 e. The average molecular weight is 488 g/mol. The third-order valence-corrected chi connectivity index (χ3v) is 5.89. The van der Waals surface area contributed by atoms with Gasteiger partial charge in [0.15, 0.2) is 0 Å². The molecule has 0 aliphatic heterocycles. The Morgan fingerprint density at radius 1 is 0.778 bits per heavy atom. The summed E-state index contributed by atoms with van der Waals surface area (Å²) in [6.07, 6.45) is 0.260. The molecular weight excluding hydrogens is 454 g/mol. The lowest BCUT2D eigenvalue weighted by molar-refractivity contribution is -0.136. The second-order valence-electron chi connectivity index (χ2n) is 9.20. The number of hydroxylamine groups is 1. The van der Waals surface area contributed by atoms with Gasteiger partial charge in [0.1, 0.15) is 6.04 Å². The molecule has 3 aromatic carbocycles. The Balaban J connectivity index is 1.83. The van der Waals surface area contributed by atoms with E-state index in [9.17, 15) is 14.4 Å². The second-order valence-corrected chi connectivity index (χ2v) is 9.20. The van der Waals surface area contributed by atoms with E-state index in [4.69, 9.17) is 5.21 Å². The molecule has 2 atom stereocenters. The van der Waals surface area contributed by atoms with Crippen LogP contribution in [0.15, 0.2) is 84.9 Å². The molecule has 0 bridgehead atoms. The highest BCUT2D eigenvalue weighted by atomic mass is 16.5. The zero-order valence-electron chi connectivity index (χ0n) is 20.6. The minimum absolute atomic E-state index is 0.141. The van der Waals surface area contributed by atoms with Gasteiger partial charge in [0.05, 0.1) is 0 Å². The Bertz CT molecular complexity index is 1130. The molecule has 7 heteroatoms. The fraction of sp³-hybridized carbons (Fsp3) is 0.276. The maximum atomic E-state index is 13.3. The molecule has 7 nitrogen and oxygen atoms in total. The van der Waals surface area contributed by atoms with Crippen molar-refractivity contribution >= 4 is 17.7 Å². The highest BCUT2D eigenvalue weighted by molar-refractivity contribution is 5.91. The van der Waals surface area contributed by atoms with Crippen molar-refractivity contribution in [3.8, 4) is 11.1 Å². The summed E-state index contributed by atoms with van der Waals surface area (Å²) in [7, 11) is 0. The van der Waals surface area contributed by atoms with E-state index in [1.807, 2.05) is 98.8 Å². The van der Waals surface area contributed by atoms with Crippen LogP contribution < -0.4 is 16.1 Å². The summed E-state index contributed by atoms with van der Waals surface area (Å²) < 4.78 is 0. The lowest BCUT2D eigenvalue weighted by Crippen LogP contribution is -2.43. The highest BCUT2D eigenvalue weighted by Crippen LogP contribution is 2.24. The SMILES string of the molecule is CC(C)C[C@H](CC(=O)NO)C(=O)NC(C(=O)NCc1ccccc1)c1ccc(-c2ccccc2)cc1. The number of hydrogen-bond acceptors (Lipinski definition) is 4. The van der Waals surface area contributed by atoms with Crippen LogP contribution in [0.2, 0.25) is 0 Å². The molecule has 0 aliphatic carbocycles. The zero-order chi connectivity index (χ0) is 25.9. The Morgan fingerprint density at radius 2 is 1.36 bits per heavy atom. The van der Waals surface area contributed by atoms with Crippen molar-refractivity contribution in [3.05, 3.63) is 96.1 Å². The smallest absolute Gasteiger partial charge is 0.247 e. The van der Waals surface area contributed by atoms with Crippen molar-refractivity contribution in [2.75, 3.05) is 0 Å². The normalized spacial score (nSPS) is 12.4. The zero-order valence-corrected chi connectivity index (χ0v) is 20.6. The van der Waals surface area contributed by atoms with E-state index in [-0.39, 0.29) is 18.2 Å². The number of hydrogen-bond donors (Lipinski definition) is 4. The fourth-order valence-electron chi connectivity index (χ4n) is 4.07. The monoisotopic (exact) mass is 487 g/mol. The molecule has 188 valence electrons. The van der Waals surface area contributed by atoms with Crippen LogP contribution >= 0.6 is 0 Å². The molecule has 3 rings (SSSR count). The first-order valence-electron chi connectivity index (χ1n) is 12.1. The Hall–Kier alpha value is -3.97. The average Bonchev–Trinajstić information content (AvgIpc) is 2.90. The predicted molar refractivity (Wildman–Crippen MR) is 139 cm³/mol. The summed E-state index contributed by atoms with van der Waals surface area (Å²) in [5, 5.41) is 14.7. The van der Waals surface area contributed by atoms with Gasteiger partial charge in [0.2, 0.25) is 17.7 Å². The van der Waals surface area contributed by atoms with Crippen LogP contribution in [0, 0.1) is 11.8 Å². The summed E-state index contributed by atoms with van der Waals surface area (Å²) >= 11 is 0. The quantitative estimate of drug-likeness (QED) is 0.238. The fourth-order valence-corrected chi connectivity index (χ4v) is 4.07.